The molecule has 3 nitrogen and oxygen atoms in total. The fourth-order valence-electron chi connectivity index (χ4n) is 1.89. The summed E-state index contributed by atoms with van der Waals surface area (Å²) in [7, 11) is 0. The average molecular weight is 260 g/mol. The smallest absolute Gasteiger partial charge is 0.318 e. The molecule has 0 saturated heterocycles. The van der Waals surface area contributed by atoms with E-state index in [1.54, 1.807) is 17.0 Å². The van der Waals surface area contributed by atoms with E-state index in [0.29, 0.717) is 12.5 Å². The normalized spacial score (nSPS) is 20.5. The number of halogens is 1. The van der Waals surface area contributed by atoms with E-state index in [1.807, 2.05) is 0 Å². The Kier molecular flexibility index (Phi) is 4.06. The molecule has 0 spiro atoms. The second-order valence-electron chi connectivity index (χ2n) is 4.96. The minimum Gasteiger partial charge on any atom is -0.335 e. The number of nitrogens with one attached hydrogen (secondary N) is 1. The monoisotopic (exact) mass is 260 g/mol. The third-order valence-electron chi connectivity index (χ3n) is 3.27. The number of nitrogens with zero attached hydrogens (tertiary/aromatic N) is 1. The predicted molar refractivity (Wildman–Crippen MR) is 71.7 cm³/mol. The van der Waals surface area contributed by atoms with Gasteiger partial charge < -0.3 is 10.2 Å². The minimum atomic E-state index is -0.288. The van der Waals surface area contributed by atoms with Crippen LogP contribution in [-0.2, 0) is 6.54 Å². The van der Waals surface area contributed by atoms with Gasteiger partial charge >= 0.3 is 6.03 Å². The molecule has 0 aliphatic heterocycles. The zero-order valence-corrected chi connectivity index (χ0v) is 10.9. The molecule has 1 aromatic rings. The molecule has 2 rings (SSSR count). The Morgan fingerprint density at radius 1 is 1.53 bits per heavy atom. The Bertz CT molecular complexity index is 492. The molecule has 2 atom stereocenters. The lowest BCUT2D eigenvalue weighted by Gasteiger charge is -2.21. The van der Waals surface area contributed by atoms with Crippen LogP contribution in [0.4, 0.5) is 9.18 Å². The zero-order valence-electron chi connectivity index (χ0n) is 10.9. The second-order valence-corrected chi connectivity index (χ2v) is 4.96. The average Bonchev–Trinajstić information content (AvgIpc) is 3.07. The zero-order chi connectivity index (χ0) is 13.8. The molecule has 4 heteroatoms. The molecule has 0 heterocycles. The Morgan fingerprint density at radius 3 is 2.68 bits per heavy atom. The highest BCUT2D eigenvalue weighted by Crippen LogP contribution is 2.29. The Morgan fingerprint density at radius 2 is 2.16 bits per heavy atom. The van der Waals surface area contributed by atoms with Gasteiger partial charge in [0.2, 0.25) is 0 Å². The van der Waals surface area contributed by atoms with Crippen LogP contribution < -0.4 is 5.32 Å². The van der Waals surface area contributed by atoms with Gasteiger partial charge in [-0.1, -0.05) is 25.0 Å². The summed E-state index contributed by atoms with van der Waals surface area (Å²) in [6.07, 6.45) is 6.31. The number of benzene rings is 1. The summed E-state index contributed by atoms with van der Waals surface area (Å²) < 4.78 is 12.8. The van der Waals surface area contributed by atoms with Crippen molar-refractivity contribution in [3.05, 3.63) is 35.6 Å². The quantitative estimate of drug-likeness (QED) is 0.828. The van der Waals surface area contributed by atoms with E-state index < -0.39 is 0 Å². The molecule has 100 valence electrons. The first-order chi connectivity index (χ1) is 9.10. The largest absolute Gasteiger partial charge is 0.335 e. The number of urea groups is 1. The number of hydrogen-bond acceptors (Lipinski definition) is 1. The third kappa shape index (κ3) is 3.72. The van der Waals surface area contributed by atoms with Gasteiger partial charge in [-0.3, -0.25) is 0 Å². The highest BCUT2D eigenvalue weighted by atomic mass is 19.1. The van der Waals surface area contributed by atoms with Crippen LogP contribution in [0.1, 0.15) is 18.9 Å². The van der Waals surface area contributed by atoms with Gasteiger partial charge in [0.1, 0.15) is 5.82 Å². The molecule has 19 heavy (non-hydrogen) atoms. The SMILES string of the molecule is C#CCN(Cc1ccc(F)cc1)C(=O)N[C@H]1C[C@@H]1C. The second kappa shape index (κ2) is 5.75. The first-order valence-electron chi connectivity index (χ1n) is 6.33. The van der Waals surface area contributed by atoms with Crippen molar-refractivity contribution < 1.29 is 9.18 Å². The first-order valence-corrected chi connectivity index (χ1v) is 6.33. The fraction of sp³-hybridized carbons (Fsp3) is 0.400. The minimum absolute atomic E-state index is 0.156. The fourth-order valence-corrected chi connectivity index (χ4v) is 1.89. The van der Waals surface area contributed by atoms with Crippen molar-refractivity contribution in [1.29, 1.82) is 0 Å². The van der Waals surface area contributed by atoms with Crippen LogP contribution in [0.15, 0.2) is 24.3 Å². The van der Waals surface area contributed by atoms with Gasteiger partial charge in [0, 0.05) is 12.6 Å². The van der Waals surface area contributed by atoms with E-state index in [4.69, 9.17) is 6.42 Å². The van der Waals surface area contributed by atoms with E-state index in [2.05, 4.69) is 18.2 Å². The van der Waals surface area contributed by atoms with Crippen molar-refractivity contribution >= 4 is 6.03 Å². The van der Waals surface area contributed by atoms with Gasteiger partial charge in [-0.05, 0) is 30.0 Å². The summed E-state index contributed by atoms with van der Waals surface area (Å²) >= 11 is 0. The molecule has 0 bridgehead atoms. The van der Waals surface area contributed by atoms with Crippen molar-refractivity contribution in [1.82, 2.24) is 10.2 Å². The van der Waals surface area contributed by atoms with Crippen molar-refractivity contribution in [2.75, 3.05) is 6.54 Å². The molecule has 1 aliphatic carbocycles. The van der Waals surface area contributed by atoms with Crippen molar-refractivity contribution in [3.63, 3.8) is 0 Å². The summed E-state index contributed by atoms with van der Waals surface area (Å²) in [5, 5.41) is 2.94. The number of carbonyl (C=O) groups excluding carboxylic acids is 1. The van der Waals surface area contributed by atoms with Crippen molar-refractivity contribution in [2.45, 2.75) is 25.9 Å². The van der Waals surface area contributed by atoms with E-state index >= 15 is 0 Å². The molecule has 1 saturated carbocycles. The van der Waals surface area contributed by atoms with Crippen LogP contribution >= 0.6 is 0 Å². The molecule has 2 amide bonds. The van der Waals surface area contributed by atoms with Crippen LogP contribution in [0.2, 0.25) is 0 Å². The topological polar surface area (TPSA) is 32.3 Å². The van der Waals surface area contributed by atoms with Gasteiger partial charge in [-0.2, -0.15) is 0 Å². The Labute approximate surface area is 112 Å². The number of terminal acetylenes is 1. The highest BCUT2D eigenvalue weighted by molar-refractivity contribution is 5.75. The maximum atomic E-state index is 12.8. The van der Waals surface area contributed by atoms with Gasteiger partial charge in [-0.25, -0.2) is 9.18 Å². The van der Waals surface area contributed by atoms with E-state index in [9.17, 15) is 9.18 Å². The molecule has 0 radical (unpaired) electrons. The van der Waals surface area contributed by atoms with Crippen molar-refractivity contribution in [2.24, 2.45) is 5.92 Å². The van der Waals surface area contributed by atoms with Gasteiger partial charge in [0.05, 0.1) is 6.54 Å². The lowest BCUT2D eigenvalue weighted by atomic mass is 10.2. The molecule has 1 fully saturated rings. The van der Waals surface area contributed by atoms with E-state index in [0.717, 1.165) is 12.0 Å². The summed E-state index contributed by atoms with van der Waals surface area (Å²) in [5.74, 6) is 2.73. The first kappa shape index (κ1) is 13.4. The van der Waals surface area contributed by atoms with E-state index in [1.165, 1.54) is 12.1 Å². The Hall–Kier alpha value is -2.02. The van der Waals surface area contributed by atoms with Crippen LogP contribution in [0, 0.1) is 24.1 Å². The van der Waals surface area contributed by atoms with Gasteiger partial charge in [-0.15, -0.1) is 6.42 Å². The molecular formula is C15H17FN2O. The van der Waals surface area contributed by atoms with Gasteiger partial charge in [0.15, 0.2) is 0 Å². The van der Waals surface area contributed by atoms with Crippen LogP contribution in [-0.4, -0.2) is 23.5 Å². The van der Waals surface area contributed by atoms with Crippen LogP contribution in [0.3, 0.4) is 0 Å². The molecule has 0 unspecified atom stereocenters. The molecule has 1 aliphatic rings. The molecule has 1 aromatic carbocycles. The number of rotatable bonds is 4. The van der Waals surface area contributed by atoms with E-state index in [-0.39, 0.29) is 24.4 Å². The summed E-state index contributed by atoms with van der Waals surface area (Å²) in [6.45, 7) is 2.72. The number of carbonyl (C=O) groups is 1. The lowest BCUT2D eigenvalue weighted by Crippen LogP contribution is -2.41. The lowest BCUT2D eigenvalue weighted by molar-refractivity contribution is 0.201. The van der Waals surface area contributed by atoms with Crippen LogP contribution in [0.25, 0.3) is 0 Å². The maximum Gasteiger partial charge on any atom is 0.318 e. The number of amides is 2. The Balaban J connectivity index is 1.97. The predicted octanol–water partition coefficient (Wildman–Crippen LogP) is 2.38. The molecular weight excluding hydrogens is 243 g/mol. The maximum absolute atomic E-state index is 12.8. The van der Waals surface area contributed by atoms with Crippen molar-refractivity contribution in [3.8, 4) is 12.3 Å². The summed E-state index contributed by atoms with van der Waals surface area (Å²) in [4.78, 5) is 13.6. The highest BCUT2D eigenvalue weighted by Gasteiger charge is 2.34. The van der Waals surface area contributed by atoms with Gasteiger partial charge in [0.25, 0.3) is 0 Å². The number of hydrogen-bond donors (Lipinski definition) is 1. The third-order valence-corrected chi connectivity index (χ3v) is 3.27. The summed E-state index contributed by atoms with van der Waals surface area (Å²) in [6, 6.07) is 6.18. The molecule has 0 aromatic heterocycles. The summed E-state index contributed by atoms with van der Waals surface area (Å²) in [5.41, 5.74) is 0.857. The van der Waals surface area contributed by atoms with Crippen LogP contribution in [0.5, 0.6) is 0 Å². The standard InChI is InChI=1S/C15H17FN2O/c1-3-8-18(15(19)17-14-9-11(14)2)10-12-4-6-13(16)7-5-12/h1,4-7,11,14H,8-10H2,2H3,(H,17,19)/t11-,14-/m0/s1. The molecule has 1 N–H and O–H groups in total.